The van der Waals surface area contributed by atoms with Crippen LogP contribution in [-0.2, 0) is 6.42 Å². The Morgan fingerprint density at radius 2 is 2.00 bits per heavy atom. The van der Waals surface area contributed by atoms with Crippen molar-refractivity contribution in [1.29, 1.82) is 0 Å². The fourth-order valence-corrected chi connectivity index (χ4v) is 2.76. The van der Waals surface area contributed by atoms with Gasteiger partial charge in [-0.15, -0.1) is 5.10 Å². The predicted molar refractivity (Wildman–Crippen MR) is 77.7 cm³/mol. The molecule has 0 spiro atoms. The lowest BCUT2D eigenvalue weighted by Gasteiger charge is -2.03. The summed E-state index contributed by atoms with van der Waals surface area (Å²) >= 11 is 1.22. The Morgan fingerprint density at radius 1 is 1.26 bits per heavy atom. The molecule has 19 heavy (non-hydrogen) atoms. The standard InChI is InChI=1S/C15H18N2OS/c1-11(2)14-15(19-17-16-14)13(18)10-6-9-12-7-4-3-5-8-12/h3-5,7-8,11H,6,9-10H2,1-2H3. The first-order valence-corrected chi connectivity index (χ1v) is 7.35. The number of hydrogen-bond donors (Lipinski definition) is 0. The lowest BCUT2D eigenvalue weighted by Crippen LogP contribution is -2.03. The first-order valence-electron chi connectivity index (χ1n) is 6.58. The van der Waals surface area contributed by atoms with Gasteiger partial charge < -0.3 is 0 Å². The van der Waals surface area contributed by atoms with Crippen molar-refractivity contribution in [2.75, 3.05) is 0 Å². The van der Waals surface area contributed by atoms with Crippen molar-refractivity contribution in [2.24, 2.45) is 0 Å². The summed E-state index contributed by atoms with van der Waals surface area (Å²) in [5.74, 6) is 0.432. The number of rotatable bonds is 6. The number of aryl methyl sites for hydroxylation is 1. The van der Waals surface area contributed by atoms with Crippen LogP contribution in [0.25, 0.3) is 0 Å². The van der Waals surface area contributed by atoms with Gasteiger partial charge in [-0.1, -0.05) is 48.7 Å². The summed E-state index contributed by atoms with van der Waals surface area (Å²) < 4.78 is 3.90. The number of hydrogen-bond acceptors (Lipinski definition) is 4. The van der Waals surface area contributed by atoms with E-state index in [9.17, 15) is 4.79 Å². The van der Waals surface area contributed by atoms with Gasteiger partial charge in [0.15, 0.2) is 5.78 Å². The molecule has 0 radical (unpaired) electrons. The van der Waals surface area contributed by atoms with Gasteiger partial charge in [0.2, 0.25) is 0 Å². The van der Waals surface area contributed by atoms with Gasteiger partial charge in [0.1, 0.15) is 4.88 Å². The van der Waals surface area contributed by atoms with Crippen LogP contribution < -0.4 is 0 Å². The lowest BCUT2D eigenvalue weighted by molar-refractivity contribution is 0.0982. The van der Waals surface area contributed by atoms with E-state index in [1.165, 1.54) is 17.1 Å². The Bertz CT molecular complexity index is 534. The van der Waals surface area contributed by atoms with E-state index in [0.29, 0.717) is 6.42 Å². The van der Waals surface area contributed by atoms with Crippen molar-refractivity contribution >= 4 is 17.3 Å². The van der Waals surface area contributed by atoms with Gasteiger partial charge in [0.25, 0.3) is 0 Å². The summed E-state index contributed by atoms with van der Waals surface area (Å²) in [6.07, 6.45) is 2.38. The maximum atomic E-state index is 12.2. The topological polar surface area (TPSA) is 42.9 Å². The summed E-state index contributed by atoms with van der Waals surface area (Å²) in [7, 11) is 0. The van der Waals surface area contributed by atoms with Crippen LogP contribution in [0.4, 0.5) is 0 Å². The van der Waals surface area contributed by atoms with Crippen molar-refractivity contribution in [2.45, 2.75) is 39.0 Å². The van der Waals surface area contributed by atoms with Crippen molar-refractivity contribution < 1.29 is 4.79 Å². The van der Waals surface area contributed by atoms with Crippen molar-refractivity contribution in [3.8, 4) is 0 Å². The van der Waals surface area contributed by atoms with E-state index in [0.717, 1.165) is 23.4 Å². The first-order chi connectivity index (χ1) is 9.18. The SMILES string of the molecule is CC(C)c1nnsc1C(=O)CCCc1ccccc1. The van der Waals surface area contributed by atoms with E-state index in [4.69, 9.17) is 0 Å². The molecule has 0 fully saturated rings. The summed E-state index contributed by atoms with van der Waals surface area (Å²) in [6, 6.07) is 10.3. The molecule has 0 amide bonds. The average Bonchev–Trinajstić information content (AvgIpc) is 2.89. The lowest BCUT2D eigenvalue weighted by atomic mass is 10.0. The van der Waals surface area contributed by atoms with Crippen molar-refractivity contribution in [3.63, 3.8) is 0 Å². The molecule has 0 unspecified atom stereocenters. The smallest absolute Gasteiger partial charge is 0.176 e. The number of carbonyl (C=O) groups is 1. The zero-order valence-electron chi connectivity index (χ0n) is 11.3. The summed E-state index contributed by atoms with van der Waals surface area (Å²) in [4.78, 5) is 12.9. The van der Waals surface area contributed by atoms with Crippen LogP contribution in [0.15, 0.2) is 30.3 Å². The fourth-order valence-electron chi connectivity index (χ4n) is 1.98. The minimum Gasteiger partial charge on any atom is -0.293 e. The second-order valence-electron chi connectivity index (χ2n) is 4.90. The molecular weight excluding hydrogens is 256 g/mol. The van der Waals surface area contributed by atoms with Gasteiger partial charge in [-0.05, 0) is 35.9 Å². The number of aromatic nitrogens is 2. The molecule has 2 rings (SSSR count). The first kappa shape index (κ1) is 13.9. The zero-order chi connectivity index (χ0) is 13.7. The summed E-state index contributed by atoms with van der Waals surface area (Å²) in [5, 5.41) is 4.05. The van der Waals surface area contributed by atoms with Crippen molar-refractivity contribution in [1.82, 2.24) is 9.59 Å². The van der Waals surface area contributed by atoms with E-state index in [2.05, 4.69) is 21.7 Å². The van der Waals surface area contributed by atoms with Gasteiger partial charge in [-0.25, -0.2) is 0 Å². The summed E-state index contributed by atoms with van der Waals surface area (Å²) in [6.45, 7) is 4.08. The Labute approximate surface area is 117 Å². The minimum absolute atomic E-state index is 0.176. The van der Waals surface area contributed by atoms with E-state index in [1.54, 1.807) is 0 Å². The van der Waals surface area contributed by atoms with Gasteiger partial charge >= 0.3 is 0 Å². The number of carbonyl (C=O) groups excluding carboxylic acids is 1. The van der Waals surface area contributed by atoms with E-state index in [1.807, 2.05) is 32.0 Å². The number of benzene rings is 1. The minimum atomic E-state index is 0.176. The maximum absolute atomic E-state index is 12.2. The third-order valence-corrected chi connectivity index (χ3v) is 3.81. The van der Waals surface area contributed by atoms with E-state index < -0.39 is 0 Å². The van der Waals surface area contributed by atoms with Gasteiger partial charge in [-0.2, -0.15) is 0 Å². The highest BCUT2D eigenvalue weighted by Gasteiger charge is 2.17. The molecule has 1 aromatic heterocycles. The van der Waals surface area contributed by atoms with Crippen LogP contribution in [0.3, 0.4) is 0 Å². The Balaban J connectivity index is 1.89. The van der Waals surface area contributed by atoms with Gasteiger partial charge in [0, 0.05) is 6.42 Å². The molecule has 0 saturated heterocycles. The normalized spacial score (nSPS) is 10.9. The van der Waals surface area contributed by atoms with Crippen LogP contribution in [-0.4, -0.2) is 15.4 Å². The number of ketones is 1. The third-order valence-electron chi connectivity index (χ3n) is 3.03. The van der Waals surface area contributed by atoms with Gasteiger partial charge in [0.05, 0.1) is 5.69 Å². The molecular formula is C15H18N2OS. The molecule has 1 heterocycles. The molecule has 3 nitrogen and oxygen atoms in total. The molecule has 0 aliphatic heterocycles. The summed E-state index contributed by atoms with van der Waals surface area (Å²) in [5.41, 5.74) is 2.12. The Kier molecular flexibility index (Phi) is 4.80. The third kappa shape index (κ3) is 3.70. The van der Waals surface area contributed by atoms with Crippen LogP contribution in [0, 0.1) is 0 Å². The highest BCUT2D eigenvalue weighted by atomic mass is 32.1. The highest BCUT2D eigenvalue weighted by Crippen LogP contribution is 2.21. The fraction of sp³-hybridized carbons (Fsp3) is 0.400. The molecule has 0 N–H and O–H groups in total. The number of nitrogens with zero attached hydrogens (tertiary/aromatic N) is 2. The van der Waals surface area contributed by atoms with Crippen LogP contribution in [0.5, 0.6) is 0 Å². The van der Waals surface area contributed by atoms with Crippen LogP contribution in [0.2, 0.25) is 0 Å². The largest absolute Gasteiger partial charge is 0.293 e. The molecule has 0 atom stereocenters. The second-order valence-corrected chi connectivity index (χ2v) is 5.66. The molecule has 0 saturated carbocycles. The number of Topliss-reactive ketones (excluding diaryl/α,β-unsaturated/α-hetero) is 1. The molecule has 0 aliphatic rings. The van der Waals surface area contributed by atoms with Gasteiger partial charge in [-0.3, -0.25) is 4.79 Å². The monoisotopic (exact) mass is 274 g/mol. The van der Waals surface area contributed by atoms with Crippen molar-refractivity contribution in [3.05, 3.63) is 46.5 Å². The van der Waals surface area contributed by atoms with Crippen LogP contribution >= 0.6 is 11.5 Å². The second kappa shape index (κ2) is 6.57. The Hall–Kier alpha value is -1.55. The zero-order valence-corrected chi connectivity index (χ0v) is 12.1. The molecule has 0 bridgehead atoms. The Morgan fingerprint density at radius 3 is 2.68 bits per heavy atom. The molecule has 2 aromatic rings. The molecule has 4 heteroatoms. The maximum Gasteiger partial charge on any atom is 0.176 e. The average molecular weight is 274 g/mol. The molecule has 100 valence electrons. The molecule has 1 aromatic carbocycles. The quantitative estimate of drug-likeness (QED) is 0.751. The molecule has 0 aliphatic carbocycles. The predicted octanol–water partition coefficient (Wildman–Crippen LogP) is 3.87. The highest BCUT2D eigenvalue weighted by molar-refractivity contribution is 7.08. The van der Waals surface area contributed by atoms with E-state index in [-0.39, 0.29) is 11.7 Å². The van der Waals surface area contributed by atoms with E-state index >= 15 is 0 Å². The van der Waals surface area contributed by atoms with Crippen LogP contribution in [0.1, 0.15) is 53.5 Å².